The van der Waals surface area contributed by atoms with Crippen LogP contribution in [0.25, 0.3) is 11.1 Å². The second-order valence-corrected chi connectivity index (χ2v) is 9.75. The molecule has 0 fully saturated rings. The van der Waals surface area contributed by atoms with E-state index in [2.05, 4.69) is 5.10 Å². The summed E-state index contributed by atoms with van der Waals surface area (Å²) >= 11 is 7.67. The van der Waals surface area contributed by atoms with Gasteiger partial charge in [0.2, 0.25) is 0 Å². The monoisotopic (exact) mass is 497 g/mol. The zero-order chi connectivity index (χ0) is 23.8. The van der Waals surface area contributed by atoms with Crippen LogP contribution in [0.2, 0.25) is 4.34 Å². The summed E-state index contributed by atoms with van der Waals surface area (Å²) in [4.78, 5) is 15.2. The molecule has 0 N–H and O–H groups in total. The number of benzene rings is 1. The molecule has 0 saturated heterocycles. The lowest BCUT2D eigenvalue weighted by Gasteiger charge is -2.33. The number of ether oxygens (including phenoxy) is 1. The number of rotatable bonds is 5. The molecule has 1 amide bonds. The minimum Gasteiger partial charge on any atom is -0.449 e. The SMILES string of the molecule is CCCCOC(=O)N1Cc2sc(Cl)cc2[C@H](c2ccccc2-c2cn(C)nc2C(F)(F)F)C1. The van der Waals surface area contributed by atoms with Gasteiger partial charge in [-0.05, 0) is 29.2 Å². The molecule has 0 radical (unpaired) electrons. The quantitative estimate of drug-likeness (QED) is 0.368. The molecule has 5 nitrogen and oxygen atoms in total. The molecule has 3 aromatic rings. The van der Waals surface area contributed by atoms with E-state index in [1.165, 1.54) is 29.3 Å². The van der Waals surface area contributed by atoms with Crippen molar-refractivity contribution in [3.8, 4) is 11.1 Å². The van der Waals surface area contributed by atoms with Crippen LogP contribution in [-0.2, 0) is 24.5 Å². The van der Waals surface area contributed by atoms with Crippen molar-refractivity contribution in [2.24, 2.45) is 7.05 Å². The molecule has 4 rings (SSSR count). The van der Waals surface area contributed by atoms with Gasteiger partial charge in [-0.15, -0.1) is 11.3 Å². The number of amides is 1. The molecule has 3 heterocycles. The first-order chi connectivity index (χ1) is 15.7. The Bertz CT molecular complexity index is 1160. The van der Waals surface area contributed by atoms with Crippen LogP contribution in [0.15, 0.2) is 36.5 Å². The van der Waals surface area contributed by atoms with Crippen molar-refractivity contribution >= 4 is 29.0 Å². The van der Waals surface area contributed by atoms with Gasteiger partial charge in [-0.2, -0.15) is 18.3 Å². The molecular weight excluding hydrogens is 475 g/mol. The van der Waals surface area contributed by atoms with Crippen molar-refractivity contribution in [3.63, 3.8) is 0 Å². The summed E-state index contributed by atoms with van der Waals surface area (Å²) in [5.41, 5.74) is 1.10. The van der Waals surface area contributed by atoms with Crippen molar-refractivity contribution in [3.05, 3.63) is 62.6 Å². The van der Waals surface area contributed by atoms with Crippen LogP contribution in [0.5, 0.6) is 0 Å². The summed E-state index contributed by atoms with van der Waals surface area (Å²) in [6, 6.07) is 8.79. The number of hydrogen-bond acceptors (Lipinski definition) is 4. The first-order valence-corrected chi connectivity index (χ1v) is 11.8. The first-order valence-electron chi connectivity index (χ1n) is 10.6. The predicted octanol–water partition coefficient (Wildman–Crippen LogP) is 6.71. The van der Waals surface area contributed by atoms with Crippen LogP contribution < -0.4 is 0 Å². The van der Waals surface area contributed by atoms with Gasteiger partial charge in [0, 0.05) is 36.1 Å². The van der Waals surface area contributed by atoms with Gasteiger partial charge in [0.1, 0.15) is 0 Å². The number of carbonyl (C=O) groups is 1. The minimum atomic E-state index is -4.60. The Hall–Kier alpha value is -2.52. The number of carbonyl (C=O) groups excluding carboxylic acids is 1. The number of unbranched alkanes of at least 4 members (excludes halogenated alkanes) is 1. The maximum absolute atomic E-state index is 13.7. The molecule has 33 heavy (non-hydrogen) atoms. The largest absolute Gasteiger partial charge is 0.449 e. The second kappa shape index (κ2) is 9.38. The lowest BCUT2D eigenvalue weighted by atomic mass is 9.84. The Morgan fingerprint density at radius 1 is 1.27 bits per heavy atom. The van der Waals surface area contributed by atoms with Gasteiger partial charge in [0.05, 0.1) is 17.5 Å². The van der Waals surface area contributed by atoms with Crippen molar-refractivity contribution in [1.82, 2.24) is 14.7 Å². The van der Waals surface area contributed by atoms with Crippen molar-refractivity contribution < 1.29 is 22.7 Å². The highest BCUT2D eigenvalue weighted by Gasteiger charge is 2.39. The van der Waals surface area contributed by atoms with Crippen LogP contribution in [0, 0.1) is 0 Å². The number of halogens is 4. The van der Waals surface area contributed by atoms with E-state index in [9.17, 15) is 18.0 Å². The Morgan fingerprint density at radius 3 is 2.76 bits per heavy atom. The molecule has 0 bridgehead atoms. The van der Waals surface area contributed by atoms with E-state index in [-0.39, 0.29) is 18.0 Å². The fraction of sp³-hybridized carbons (Fsp3) is 0.391. The molecule has 0 aliphatic carbocycles. The predicted molar refractivity (Wildman–Crippen MR) is 121 cm³/mol. The average molecular weight is 498 g/mol. The number of hydrogen-bond donors (Lipinski definition) is 0. The van der Waals surface area contributed by atoms with Crippen LogP contribution in [0.1, 0.15) is 47.4 Å². The van der Waals surface area contributed by atoms with E-state index in [4.69, 9.17) is 16.3 Å². The van der Waals surface area contributed by atoms with Gasteiger partial charge in [0.15, 0.2) is 5.69 Å². The van der Waals surface area contributed by atoms with Crippen LogP contribution in [-0.4, -0.2) is 33.9 Å². The molecular formula is C23H23ClF3N3O2S. The fourth-order valence-corrected chi connectivity index (χ4v) is 5.48. The molecule has 0 saturated carbocycles. The summed E-state index contributed by atoms with van der Waals surface area (Å²) in [6.45, 7) is 2.98. The summed E-state index contributed by atoms with van der Waals surface area (Å²) < 4.78 is 48.3. The van der Waals surface area contributed by atoms with E-state index < -0.39 is 18.0 Å². The number of thiophene rings is 1. The Morgan fingerprint density at radius 2 is 2.03 bits per heavy atom. The zero-order valence-corrected chi connectivity index (χ0v) is 19.7. The summed E-state index contributed by atoms with van der Waals surface area (Å²) in [6.07, 6.45) is -1.98. The molecule has 1 aliphatic heterocycles. The Kier molecular flexibility index (Phi) is 6.72. The molecule has 176 valence electrons. The number of aromatic nitrogens is 2. The van der Waals surface area contributed by atoms with Crippen LogP contribution in [0.3, 0.4) is 0 Å². The number of nitrogens with zero attached hydrogens (tertiary/aromatic N) is 3. The number of alkyl halides is 3. The molecule has 1 aliphatic rings. The van der Waals surface area contributed by atoms with Crippen molar-refractivity contribution in [2.75, 3.05) is 13.2 Å². The normalized spacial score (nSPS) is 16.1. The minimum absolute atomic E-state index is 0.00567. The average Bonchev–Trinajstić information content (AvgIpc) is 3.34. The lowest BCUT2D eigenvalue weighted by molar-refractivity contribution is -0.140. The van der Waals surface area contributed by atoms with Crippen molar-refractivity contribution in [2.45, 2.75) is 38.4 Å². The molecule has 2 aromatic heterocycles. The molecule has 1 atom stereocenters. The maximum Gasteiger partial charge on any atom is 0.435 e. The molecule has 1 aromatic carbocycles. The van der Waals surface area contributed by atoms with E-state index in [1.807, 2.05) is 13.0 Å². The lowest BCUT2D eigenvalue weighted by Crippen LogP contribution is -2.38. The topological polar surface area (TPSA) is 47.4 Å². The molecule has 0 spiro atoms. The van der Waals surface area contributed by atoms with Gasteiger partial charge in [-0.25, -0.2) is 4.79 Å². The van der Waals surface area contributed by atoms with Gasteiger partial charge in [0.25, 0.3) is 0 Å². The molecule has 10 heteroatoms. The van der Waals surface area contributed by atoms with E-state index in [0.29, 0.717) is 28.6 Å². The van der Waals surface area contributed by atoms with Crippen molar-refractivity contribution in [1.29, 1.82) is 0 Å². The zero-order valence-electron chi connectivity index (χ0n) is 18.2. The van der Waals surface area contributed by atoms with Gasteiger partial charge >= 0.3 is 12.3 Å². The standard InChI is InChI=1S/C23H23ClF3N3O2S/c1-3-4-9-32-22(31)30-12-17(16-10-20(24)33-19(16)13-30)14-7-5-6-8-15(14)18-11-29(2)28-21(18)23(25,26)27/h5-8,10-11,17H,3-4,9,12-13H2,1-2H3/t17-/m0/s1. The smallest absolute Gasteiger partial charge is 0.435 e. The van der Waals surface area contributed by atoms with E-state index in [0.717, 1.165) is 23.3 Å². The highest BCUT2D eigenvalue weighted by atomic mass is 35.5. The molecule has 0 unspecified atom stereocenters. The highest BCUT2D eigenvalue weighted by Crippen LogP contribution is 2.44. The summed E-state index contributed by atoms with van der Waals surface area (Å²) in [5.74, 6) is -0.353. The third-order valence-corrected chi connectivity index (χ3v) is 6.89. The second-order valence-electron chi connectivity index (χ2n) is 7.98. The van der Waals surface area contributed by atoms with Crippen LogP contribution >= 0.6 is 22.9 Å². The van der Waals surface area contributed by atoms with Crippen LogP contribution in [0.4, 0.5) is 18.0 Å². The van der Waals surface area contributed by atoms with Gasteiger partial charge in [-0.1, -0.05) is 49.2 Å². The van der Waals surface area contributed by atoms with E-state index in [1.54, 1.807) is 29.2 Å². The van der Waals surface area contributed by atoms with E-state index >= 15 is 0 Å². The Labute approximate surface area is 198 Å². The van der Waals surface area contributed by atoms with Gasteiger partial charge in [-0.3, -0.25) is 4.68 Å². The third-order valence-electron chi connectivity index (χ3n) is 5.63. The number of aryl methyl sites for hydroxylation is 1. The fourth-order valence-electron chi connectivity index (χ4n) is 4.13. The third kappa shape index (κ3) is 4.89. The Balaban J connectivity index is 1.77. The summed E-state index contributed by atoms with van der Waals surface area (Å²) in [7, 11) is 1.47. The van der Waals surface area contributed by atoms with Gasteiger partial charge < -0.3 is 9.64 Å². The maximum atomic E-state index is 13.7. The highest BCUT2D eigenvalue weighted by molar-refractivity contribution is 7.16. The summed E-state index contributed by atoms with van der Waals surface area (Å²) in [5, 5.41) is 3.67. The first kappa shape index (κ1) is 23.6. The number of fused-ring (bicyclic) bond motifs is 1.